The summed E-state index contributed by atoms with van der Waals surface area (Å²) < 4.78 is 0. The van der Waals surface area contributed by atoms with Crippen LogP contribution in [0.3, 0.4) is 0 Å². The lowest BCUT2D eigenvalue weighted by Gasteiger charge is -2.28. The van der Waals surface area contributed by atoms with Crippen LogP contribution in [0.15, 0.2) is 158 Å². The van der Waals surface area contributed by atoms with Crippen LogP contribution in [-0.4, -0.2) is 0 Å². The van der Waals surface area contributed by atoms with Crippen molar-refractivity contribution in [1.29, 1.82) is 0 Å². The third-order valence-corrected chi connectivity index (χ3v) is 10.5. The van der Waals surface area contributed by atoms with Gasteiger partial charge in [0.05, 0.1) is 0 Å². The number of hydrogen-bond donors (Lipinski definition) is 0. The fraction of sp³-hybridized carbons (Fsp3) is 0.137. The second-order valence-corrected chi connectivity index (χ2v) is 15.1. The van der Waals surface area contributed by atoms with Crippen molar-refractivity contribution in [2.24, 2.45) is 0 Å². The third-order valence-electron chi connectivity index (χ3n) is 10.5. The smallest absolute Gasteiger partial charge is 0.0466 e. The number of hydrogen-bond acceptors (Lipinski definition) is 2. The topological polar surface area (TPSA) is 6.48 Å². The van der Waals surface area contributed by atoms with E-state index >= 15 is 0 Å². The summed E-state index contributed by atoms with van der Waals surface area (Å²) in [5.41, 5.74) is 19.6. The molecule has 0 radical (unpaired) electrons. The van der Waals surface area contributed by atoms with Gasteiger partial charge < -0.3 is 9.80 Å². The van der Waals surface area contributed by atoms with Crippen molar-refractivity contribution in [1.82, 2.24) is 0 Å². The zero-order chi connectivity index (χ0) is 36.7. The highest BCUT2D eigenvalue weighted by Gasteiger charge is 2.35. The van der Waals surface area contributed by atoms with Crippen LogP contribution in [0.25, 0.3) is 23.3 Å². The molecule has 1 aliphatic rings. The lowest BCUT2D eigenvalue weighted by Crippen LogP contribution is -2.16. The molecule has 0 heterocycles. The summed E-state index contributed by atoms with van der Waals surface area (Å²) in [4.78, 5) is 4.73. The summed E-state index contributed by atoms with van der Waals surface area (Å²) in [6.45, 7) is 13.4. The first-order valence-electron chi connectivity index (χ1n) is 18.6. The molecule has 0 saturated carbocycles. The molecule has 8 rings (SSSR count). The van der Waals surface area contributed by atoms with E-state index < -0.39 is 0 Å². The van der Waals surface area contributed by atoms with E-state index in [-0.39, 0.29) is 5.41 Å². The van der Waals surface area contributed by atoms with Crippen molar-refractivity contribution < 1.29 is 0 Å². The Balaban J connectivity index is 1.07. The van der Waals surface area contributed by atoms with E-state index in [4.69, 9.17) is 0 Å². The van der Waals surface area contributed by atoms with Crippen LogP contribution in [-0.2, 0) is 5.41 Å². The van der Waals surface area contributed by atoms with Crippen molar-refractivity contribution in [2.75, 3.05) is 9.80 Å². The Morgan fingerprint density at radius 2 is 0.774 bits per heavy atom. The standard InChI is InChI=1S/C51H46N2/c1-35-28-36(2)31-45(30-35)53(46-32-37(3)29-38(4)33-46)43-24-20-40(21-25-43)17-16-39-18-22-42(23-19-39)52(41-12-8-7-9-13-41)44-26-27-48-47-14-10-11-15-49(47)51(5,6)50(48)34-44/h7-34H,1-6H3/b17-16+. The summed E-state index contributed by atoms with van der Waals surface area (Å²) in [5.74, 6) is 0. The summed E-state index contributed by atoms with van der Waals surface area (Å²) >= 11 is 0. The third kappa shape index (κ3) is 6.69. The van der Waals surface area contributed by atoms with Gasteiger partial charge in [0, 0.05) is 39.5 Å². The number of para-hydroxylation sites is 1. The van der Waals surface area contributed by atoms with Crippen LogP contribution in [0.5, 0.6) is 0 Å². The molecule has 0 bridgehead atoms. The highest BCUT2D eigenvalue weighted by atomic mass is 15.1. The van der Waals surface area contributed by atoms with E-state index in [9.17, 15) is 0 Å². The zero-order valence-corrected chi connectivity index (χ0v) is 31.6. The van der Waals surface area contributed by atoms with E-state index in [1.54, 1.807) is 0 Å². The summed E-state index contributed by atoms with van der Waals surface area (Å²) in [6.07, 6.45) is 4.40. The predicted octanol–water partition coefficient (Wildman–Crippen LogP) is 14.3. The summed E-state index contributed by atoms with van der Waals surface area (Å²) in [7, 11) is 0. The lowest BCUT2D eigenvalue weighted by atomic mass is 9.82. The molecule has 7 aromatic carbocycles. The van der Waals surface area contributed by atoms with Gasteiger partial charge in [-0.15, -0.1) is 0 Å². The van der Waals surface area contributed by atoms with Gasteiger partial charge in [-0.1, -0.05) is 111 Å². The fourth-order valence-electron chi connectivity index (χ4n) is 8.12. The van der Waals surface area contributed by atoms with Gasteiger partial charge in [0.15, 0.2) is 0 Å². The number of anilines is 6. The molecule has 0 saturated heterocycles. The van der Waals surface area contributed by atoms with Crippen LogP contribution in [0.2, 0.25) is 0 Å². The molecule has 260 valence electrons. The largest absolute Gasteiger partial charge is 0.310 e. The molecular weight excluding hydrogens is 641 g/mol. The SMILES string of the molecule is Cc1cc(C)cc(N(c2ccc(/C=C/c3ccc(N(c4ccccc4)c4ccc5c(c4)C(C)(C)c4ccccc4-5)cc3)cc2)c2cc(C)cc(C)c2)c1. The van der Waals surface area contributed by atoms with Gasteiger partial charge in [-0.05, 0) is 156 Å². The van der Waals surface area contributed by atoms with Gasteiger partial charge >= 0.3 is 0 Å². The molecule has 0 unspecified atom stereocenters. The average molecular weight is 687 g/mol. The lowest BCUT2D eigenvalue weighted by molar-refractivity contribution is 0.660. The molecule has 2 heteroatoms. The van der Waals surface area contributed by atoms with Crippen molar-refractivity contribution in [2.45, 2.75) is 47.0 Å². The minimum absolute atomic E-state index is 0.0608. The molecule has 0 atom stereocenters. The average Bonchev–Trinajstić information content (AvgIpc) is 3.37. The number of benzene rings is 7. The van der Waals surface area contributed by atoms with Gasteiger partial charge in [0.25, 0.3) is 0 Å². The first-order chi connectivity index (χ1) is 25.6. The first kappa shape index (κ1) is 34.0. The molecule has 0 fully saturated rings. The minimum Gasteiger partial charge on any atom is -0.310 e. The van der Waals surface area contributed by atoms with Crippen molar-refractivity contribution in [3.8, 4) is 11.1 Å². The molecule has 7 aromatic rings. The summed E-state index contributed by atoms with van der Waals surface area (Å²) in [6, 6.07) is 57.8. The van der Waals surface area contributed by atoms with Crippen LogP contribution in [0, 0.1) is 27.7 Å². The highest BCUT2D eigenvalue weighted by molar-refractivity contribution is 5.86. The van der Waals surface area contributed by atoms with Crippen LogP contribution < -0.4 is 9.80 Å². The Labute approximate surface area is 315 Å². The maximum atomic E-state index is 2.39. The second-order valence-electron chi connectivity index (χ2n) is 15.1. The number of aryl methyl sites for hydroxylation is 4. The van der Waals surface area contributed by atoms with Gasteiger partial charge in [-0.3, -0.25) is 0 Å². The van der Waals surface area contributed by atoms with Gasteiger partial charge in [0.1, 0.15) is 0 Å². The molecule has 2 nitrogen and oxygen atoms in total. The molecule has 53 heavy (non-hydrogen) atoms. The number of fused-ring (bicyclic) bond motifs is 3. The molecular formula is C51H46N2. The van der Waals surface area contributed by atoms with Crippen LogP contribution in [0.4, 0.5) is 34.1 Å². The highest BCUT2D eigenvalue weighted by Crippen LogP contribution is 2.50. The maximum absolute atomic E-state index is 2.39. The number of nitrogens with zero attached hydrogens (tertiary/aromatic N) is 2. The van der Waals surface area contributed by atoms with Crippen molar-refractivity contribution in [3.63, 3.8) is 0 Å². The molecule has 0 aromatic heterocycles. The Bertz CT molecular complexity index is 2360. The normalized spacial score (nSPS) is 12.8. The first-order valence-corrected chi connectivity index (χ1v) is 18.6. The van der Waals surface area contributed by atoms with Crippen LogP contribution in [0.1, 0.15) is 58.4 Å². The van der Waals surface area contributed by atoms with Gasteiger partial charge in [0.2, 0.25) is 0 Å². The molecule has 0 N–H and O–H groups in total. The van der Waals surface area contributed by atoms with E-state index in [2.05, 4.69) is 221 Å². The maximum Gasteiger partial charge on any atom is 0.0466 e. The Hall–Kier alpha value is -6.12. The Morgan fingerprint density at radius 3 is 1.30 bits per heavy atom. The summed E-state index contributed by atoms with van der Waals surface area (Å²) in [5, 5.41) is 0. The zero-order valence-electron chi connectivity index (χ0n) is 31.6. The van der Waals surface area contributed by atoms with E-state index in [0.717, 1.165) is 33.9 Å². The number of rotatable bonds is 8. The van der Waals surface area contributed by atoms with Gasteiger partial charge in [-0.2, -0.15) is 0 Å². The fourth-order valence-corrected chi connectivity index (χ4v) is 8.12. The molecule has 0 aliphatic heterocycles. The molecule has 1 aliphatic carbocycles. The van der Waals surface area contributed by atoms with Crippen molar-refractivity contribution in [3.05, 3.63) is 202 Å². The van der Waals surface area contributed by atoms with E-state index in [1.807, 2.05) is 0 Å². The monoisotopic (exact) mass is 686 g/mol. The molecule has 0 amide bonds. The van der Waals surface area contributed by atoms with E-state index in [0.29, 0.717) is 0 Å². The van der Waals surface area contributed by atoms with Crippen LogP contribution >= 0.6 is 0 Å². The quantitative estimate of drug-likeness (QED) is 0.147. The minimum atomic E-state index is -0.0608. The van der Waals surface area contributed by atoms with Gasteiger partial charge in [-0.25, -0.2) is 0 Å². The molecule has 0 spiro atoms. The Morgan fingerprint density at radius 1 is 0.358 bits per heavy atom. The van der Waals surface area contributed by atoms with E-state index in [1.165, 1.54) is 55.9 Å². The predicted molar refractivity (Wildman–Crippen MR) is 228 cm³/mol. The Kier molecular flexibility index (Phi) is 8.84. The second kappa shape index (κ2) is 13.8. The van der Waals surface area contributed by atoms with Crippen molar-refractivity contribution >= 4 is 46.3 Å².